The molecule has 0 heterocycles. The number of nitrogens with one attached hydrogen (secondary N) is 2. The molecule has 2 rings (SSSR count). The monoisotopic (exact) mass is 301 g/mol. The van der Waals surface area contributed by atoms with Crippen LogP contribution in [0.2, 0.25) is 0 Å². The van der Waals surface area contributed by atoms with E-state index in [1.54, 1.807) is 0 Å². The number of hydrogen-bond acceptors (Lipinski definition) is 2. The summed E-state index contributed by atoms with van der Waals surface area (Å²) in [5, 5.41) is 4.98. The maximum Gasteiger partial charge on any atom is 0.418 e. The topological polar surface area (TPSA) is 67.1 Å². The van der Waals surface area contributed by atoms with Crippen LogP contribution in [0.1, 0.15) is 37.7 Å². The Morgan fingerprint density at radius 1 is 1.19 bits per heavy atom. The van der Waals surface area contributed by atoms with Crippen molar-refractivity contribution in [3.63, 3.8) is 0 Å². The summed E-state index contributed by atoms with van der Waals surface area (Å²) in [6.07, 6.45) is 0.350. The first-order valence-corrected chi connectivity index (χ1v) is 6.90. The Kier molecular flexibility index (Phi) is 4.59. The quantitative estimate of drug-likeness (QED) is 0.728. The first-order valence-electron chi connectivity index (χ1n) is 6.90. The fourth-order valence-corrected chi connectivity index (χ4v) is 2.50. The molecule has 0 radical (unpaired) electrons. The molecule has 0 saturated heterocycles. The van der Waals surface area contributed by atoms with Crippen LogP contribution in [0.3, 0.4) is 0 Å². The number of rotatable bonds is 2. The second-order valence-corrected chi connectivity index (χ2v) is 5.24. The summed E-state index contributed by atoms with van der Waals surface area (Å²) in [4.78, 5) is 11.8. The minimum absolute atomic E-state index is 0.000522. The lowest BCUT2D eigenvalue weighted by molar-refractivity contribution is -0.136. The lowest BCUT2D eigenvalue weighted by atomic mass is 9.96. The van der Waals surface area contributed by atoms with E-state index in [4.69, 9.17) is 5.73 Å². The Morgan fingerprint density at radius 3 is 2.48 bits per heavy atom. The van der Waals surface area contributed by atoms with E-state index >= 15 is 0 Å². The number of urea groups is 1. The Hall–Kier alpha value is -1.92. The van der Waals surface area contributed by atoms with Crippen LogP contribution in [0.5, 0.6) is 0 Å². The van der Waals surface area contributed by atoms with Crippen LogP contribution < -0.4 is 16.4 Å². The van der Waals surface area contributed by atoms with Crippen LogP contribution in [-0.2, 0) is 6.18 Å². The third kappa shape index (κ3) is 4.27. The van der Waals surface area contributed by atoms with Gasteiger partial charge in [-0.05, 0) is 31.0 Å². The summed E-state index contributed by atoms with van der Waals surface area (Å²) in [7, 11) is 0. The van der Waals surface area contributed by atoms with E-state index in [0.29, 0.717) is 0 Å². The zero-order chi connectivity index (χ0) is 15.5. The van der Waals surface area contributed by atoms with Gasteiger partial charge in [-0.25, -0.2) is 4.79 Å². The Labute approximate surface area is 120 Å². The summed E-state index contributed by atoms with van der Waals surface area (Å²) >= 11 is 0. The molecule has 0 aliphatic heterocycles. The molecular weight excluding hydrogens is 283 g/mol. The van der Waals surface area contributed by atoms with E-state index in [9.17, 15) is 18.0 Å². The van der Waals surface area contributed by atoms with Gasteiger partial charge in [-0.1, -0.05) is 19.3 Å². The first-order chi connectivity index (χ1) is 9.86. The van der Waals surface area contributed by atoms with Crippen LogP contribution in [0, 0.1) is 0 Å². The van der Waals surface area contributed by atoms with Gasteiger partial charge in [-0.15, -0.1) is 0 Å². The van der Waals surface area contributed by atoms with Gasteiger partial charge in [0.15, 0.2) is 0 Å². The van der Waals surface area contributed by atoms with Crippen molar-refractivity contribution in [3.8, 4) is 0 Å². The molecule has 1 aromatic rings. The second kappa shape index (κ2) is 6.24. The molecule has 2 amide bonds. The average molecular weight is 301 g/mol. The van der Waals surface area contributed by atoms with Crippen LogP contribution in [0.4, 0.5) is 29.3 Å². The SMILES string of the molecule is Nc1ccc(NC(=O)NC2CCCCC2)c(C(F)(F)F)c1. The largest absolute Gasteiger partial charge is 0.418 e. The molecule has 0 unspecified atom stereocenters. The molecule has 4 nitrogen and oxygen atoms in total. The van der Waals surface area contributed by atoms with Crippen LogP contribution in [-0.4, -0.2) is 12.1 Å². The van der Waals surface area contributed by atoms with Crippen LogP contribution in [0.15, 0.2) is 18.2 Å². The molecule has 0 atom stereocenters. The van der Waals surface area contributed by atoms with Gasteiger partial charge >= 0.3 is 12.2 Å². The van der Waals surface area contributed by atoms with E-state index in [1.807, 2.05) is 0 Å². The van der Waals surface area contributed by atoms with Gasteiger partial charge in [0.05, 0.1) is 11.3 Å². The number of nitrogens with two attached hydrogens (primary N) is 1. The number of carbonyl (C=O) groups is 1. The number of alkyl halides is 3. The molecule has 1 fully saturated rings. The molecule has 21 heavy (non-hydrogen) atoms. The molecule has 1 saturated carbocycles. The average Bonchev–Trinajstić information content (AvgIpc) is 2.40. The maximum absolute atomic E-state index is 12.9. The fraction of sp³-hybridized carbons (Fsp3) is 0.500. The highest BCUT2D eigenvalue weighted by molar-refractivity contribution is 5.90. The van der Waals surface area contributed by atoms with Crippen molar-refractivity contribution in [2.45, 2.75) is 44.3 Å². The number of anilines is 2. The van der Waals surface area contributed by atoms with E-state index in [1.165, 1.54) is 12.1 Å². The lowest BCUT2D eigenvalue weighted by Crippen LogP contribution is -2.39. The number of benzene rings is 1. The van der Waals surface area contributed by atoms with Gasteiger partial charge in [0.1, 0.15) is 0 Å². The molecule has 1 aliphatic carbocycles. The zero-order valence-corrected chi connectivity index (χ0v) is 11.5. The molecule has 0 bridgehead atoms. The van der Waals surface area contributed by atoms with Crippen molar-refractivity contribution in [2.24, 2.45) is 0 Å². The molecule has 4 N–H and O–H groups in total. The predicted octanol–water partition coefficient (Wildman–Crippen LogP) is 3.74. The minimum atomic E-state index is -4.57. The van der Waals surface area contributed by atoms with Crippen molar-refractivity contribution < 1.29 is 18.0 Å². The summed E-state index contributed by atoms with van der Waals surface area (Å²) in [6, 6.07) is 2.72. The number of halogens is 3. The third-order valence-corrected chi connectivity index (χ3v) is 3.54. The van der Waals surface area contributed by atoms with Gasteiger partial charge in [-0.3, -0.25) is 0 Å². The summed E-state index contributed by atoms with van der Waals surface area (Å²) in [5.74, 6) is 0. The highest BCUT2D eigenvalue weighted by Crippen LogP contribution is 2.36. The van der Waals surface area contributed by atoms with Crippen LogP contribution >= 0.6 is 0 Å². The Bertz CT molecular complexity index is 511. The van der Waals surface area contributed by atoms with E-state index in [2.05, 4.69) is 10.6 Å². The standard InChI is InChI=1S/C14H18F3N3O/c15-14(16,17)11-8-9(18)6-7-12(11)20-13(21)19-10-4-2-1-3-5-10/h6-8,10H,1-5,18H2,(H2,19,20,21). The van der Waals surface area contributed by atoms with Gasteiger partial charge in [0.2, 0.25) is 0 Å². The smallest absolute Gasteiger partial charge is 0.399 e. The Morgan fingerprint density at radius 2 is 1.86 bits per heavy atom. The molecular formula is C14H18F3N3O. The van der Waals surface area contributed by atoms with E-state index < -0.39 is 17.8 Å². The van der Waals surface area contributed by atoms with Gasteiger partial charge in [0.25, 0.3) is 0 Å². The molecule has 0 spiro atoms. The fourth-order valence-electron chi connectivity index (χ4n) is 2.50. The summed E-state index contributed by atoms with van der Waals surface area (Å²) in [5.41, 5.74) is 4.15. The minimum Gasteiger partial charge on any atom is -0.399 e. The van der Waals surface area contributed by atoms with Crippen molar-refractivity contribution in [3.05, 3.63) is 23.8 Å². The molecule has 1 aromatic carbocycles. The number of carbonyl (C=O) groups excluding carboxylic acids is 1. The van der Waals surface area contributed by atoms with E-state index in [-0.39, 0.29) is 17.4 Å². The Balaban J connectivity index is 2.06. The number of hydrogen-bond donors (Lipinski definition) is 3. The summed E-state index contributed by atoms with van der Waals surface area (Å²) < 4.78 is 38.7. The normalized spacial score (nSPS) is 16.5. The van der Waals surface area contributed by atoms with Crippen LogP contribution in [0.25, 0.3) is 0 Å². The van der Waals surface area contributed by atoms with Crippen molar-refractivity contribution in [1.82, 2.24) is 5.32 Å². The highest BCUT2D eigenvalue weighted by Gasteiger charge is 2.34. The second-order valence-electron chi connectivity index (χ2n) is 5.24. The van der Waals surface area contributed by atoms with Crippen molar-refractivity contribution >= 4 is 17.4 Å². The molecule has 7 heteroatoms. The number of amides is 2. The van der Waals surface area contributed by atoms with Gasteiger partial charge < -0.3 is 16.4 Å². The van der Waals surface area contributed by atoms with Crippen molar-refractivity contribution in [1.29, 1.82) is 0 Å². The predicted molar refractivity (Wildman–Crippen MR) is 74.9 cm³/mol. The highest BCUT2D eigenvalue weighted by atomic mass is 19.4. The van der Waals surface area contributed by atoms with Gasteiger partial charge in [0, 0.05) is 11.7 Å². The van der Waals surface area contributed by atoms with Gasteiger partial charge in [-0.2, -0.15) is 13.2 Å². The first kappa shape index (κ1) is 15.5. The maximum atomic E-state index is 12.9. The molecule has 1 aliphatic rings. The number of nitrogen functional groups attached to an aromatic ring is 1. The molecule has 116 valence electrons. The third-order valence-electron chi connectivity index (χ3n) is 3.54. The lowest BCUT2D eigenvalue weighted by Gasteiger charge is -2.23. The summed E-state index contributed by atoms with van der Waals surface area (Å²) in [6.45, 7) is 0. The molecule has 0 aromatic heterocycles. The van der Waals surface area contributed by atoms with E-state index in [0.717, 1.165) is 38.2 Å². The zero-order valence-electron chi connectivity index (χ0n) is 11.5. The van der Waals surface area contributed by atoms with Crippen molar-refractivity contribution in [2.75, 3.05) is 11.1 Å².